The fourth-order valence-electron chi connectivity index (χ4n) is 1.39. The van der Waals surface area contributed by atoms with E-state index in [0.717, 1.165) is 18.7 Å². The van der Waals surface area contributed by atoms with Gasteiger partial charge in [-0.25, -0.2) is 0 Å². The summed E-state index contributed by atoms with van der Waals surface area (Å²) in [5.41, 5.74) is 2.23. The Morgan fingerprint density at radius 3 is 2.92 bits per heavy atom. The zero-order valence-electron chi connectivity index (χ0n) is 6.82. The number of halogens is 1. The molecule has 2 rings (SSSR count). The van der Waals surface area contributed by atoms with Crippen molar-refractivity contribution in [3.63, 3.8) is 0 Å². The molecule has 0 unspecified atom stereocenters. The normalized spacial score (nSPS) is 12.6. The van der Waals surface area contributed by atoms with Crippen molar-refractivity contribution in [2.75, 3.05) is 11.9 Å². The van der Waals surface area contributed by atoms with Gasteiger partial charge >= 0.3 is 0 Å². The summed E-state index contributed by atoms with van der Waals surface area (Å²) < 4.78 is 0. The van der Waals surface area contributed by atoms with E-state index in [4.69, 9.17) is 0 Å². The van der Waals surface area contributed by atoms with Crippen molar-refractivity contribution in [2.24, 2.45) is 0 Å². The maximum Gasteiger partial charge on any atom is 0.271 e. The van der Waals surface area contributed by atoms with Gasteiger partial charge in [-0.05, 0) is 12.0 Å². The summed E-state index contributed by atoms with van der Waals surface area (Å²) in [6.45, 7) is 0.885. The van der Waals surface area contributed by atoms with E-state index >= 15 is 0 Å². The number of nitrogens with one attached hydrogen (secondary N) is 1. The Hall–Kier alpha value is -1.29. The average molecular weight is 201 g/mol. The minimum Gasteiger partial charge on any atom is -0.384 e. The van der Waals surface area contributed by atoms with Crippen LogP contribution >= 0.6 is 12.4 Å². The molecule has 1 aromatic rings. The molecule has 0 saturated heterocycles. The molecule has 0 radical (unpaired) electrons. The molecule has 0 atom stereocenters. The topological polar surface area (TPSA) is 55.2 Å². The number of nitro groups is 1. The summed E-state index contributed by atoms with van der Waals surface area (Å²) in [7, 11) is 0. The number of rotatable bonds is 1. The highest BCUT2D eigenvalue weighted by atomic mass is 35.5. The second-order valence-corrected chi connectivity index (χ2v) is 2.78. The smallest absolute Gasteiger partial charge is 0.271 e. The molecule has 0 saturated carbocycles. The maximum atomic E-state index is 10.4. The van der Waals surface area contributed by atoms with Crippen molar-refractivity contribution in [3.05, 3.63) is 33.9 Å². The largest absolute Gasteiger partial charge is 0.384 e. The summed E-state index contributed by atoms with van der Waals surface area (Å²) in [5.74, 6) is 0. The molecule has 1 aromatic carbocycles. The Balaban J connectivity index is 0.000000845. The van der Waals surface area contributed by atoms with Crippen molar-refractivity contribution in [2.45, 2.75) is 6.42 Å². The number of nitro benzene ring substituents is 1. The summed E-state index contributed by atoms with van der Waals surface area (Å²) in [4.78, 5) is 10.0. The lowest BCUT2D eigenvalue weighted by molar-refractivity contribution is -0.384. The highest BCUT2D eigenvalue weighted by Crippen LogP contribution is 2.26. The highest BCUT2D eigenvalue weighted by molar-refractivity contribution is 5.85. The molecule has 1 aliphatic heterocycles. The van der Waals surface area contributed by atoms with Crippen LogP contribution in [0, 0.1) is 10.1 Å². The zero-order chi connectivity index (χ0) is 8.55. The van der Waals surface area contributed by atoms with Gasteiger partial charge in [0.1, 0.15) is 0 Å². The van der Waals surface area contributed by atoms with Gasteiger partial charge in [0.25, 0.3) is 5.69 Å². The van der Waals surface area contributed by atoms with Crippen LogP contribution in [0.3, 0.4) is 0 Å². The lowest BCUT2D eigenvalue weighted by atomic mass is 10.1. The number of hydrogen-bond donors (Lipinski definition) is 1. The Kier molecular flexibility index (Phi) is 2.72. The van der Waals surface area contributed by atoms with E-state index in [1.165, 1.54) is 5.56 Å². The minimum atomic E-state index is -0.375. The van der Waals surface area contributed by atoms with Crippen molar-refractivity contribution in [1.29, 1.82) is 0 Å². The summed E-state index contributed by atoms with van der Waals surface area (Å²) in [5, 5.41) is 13.5. The first-order valence-electron chi connectivity index (χ1n) is 3.78. The van der Waals surface area contributed by atoms with Gasteiger partial charge in [-0.1, -0.05) is 6.07 Å². The van der Waals surface area contributed by atoms with Crippen LogP contribution in [0.5, 0.6) is 0 Å². The SMILES string of the molecule is Cl.O=[N+]([O-])c1ccc2c(c1)NCC2. The molecule has 0 aliphatic carbocycles. The van der Waals surface area contributed by atoms with Crippen LogP contribution in [0.25, 0.3) is 0 Å². The van der Waals surface area contributed by atoms with Gasteiger partial charge in [0.2, 0.25) is 0 Å². The molecule has 1 aliphatic rings. The standard InChI is InChI=1S/C8H8N2O2.ClH/c11-10(12)7-2-1-6-3-4-9-8(6)5-7;/h1-2,5,9H,3-4H2;1H. The summed E-state index contributed by atoms with van der Waals surface area (Å²) in [6, 6.07) is 4.95. The molecule has 70 valence electrons. The number of non-ortho nitro benzene ring substituents is 1. The fraction of sp³-hybridized carbons (Fsp3) is 0.250. The van der Waals surface area contributed by atoms with E-state index in [0.29, 0.717) is 0 Å². The van der Waals surface area contributed by atoms with Crippen LogP contribution in [0.2, 0.25) is 0 Å². The van der Waals surface area contributed by atoms with Crippen LogP contribution in [-0.4, -0.2) is 11.5 Å². The molecule has 0 aromatic heterocycles. The second kappa shape index (κ2) is 3.62. The van der Waals surface area contributed by atoms with Gasteiger partial charge in [0, 0.05) is 24.4 Å². The van der Waals surface area contributed by atoms with Crippen LogP contribution < -0.4 is 5.32 Å². The van der Waals surface area contributed by atoms with Gasteiger partial charge in [0.15, 0.2) is 0 Å². The third-order valence-corrected chi connectivity index (χ3v) is 2.01. The van der Waals surface area contributed by atoms with Gasteiger partial charge in [-0.15, -0.1) is 12.4 Å². The Bertz CT molecular complexity index is 341. The van der Waals surface area contributed by atoms with Gasteiger partial charge in [0.05, 0.1) is 4.92 Å². The molecule has 1 N–H and O–H groups in total. The van der Waals surface area contributed by atoms with E-state index in [-0.39, 0.29) is 23.0 Å². The molecule has 0 bridgehead atoms. The second-order valence-electron chi connectivity index (χ2n) is 2.78. The van der Waals surface area contributed by atoms with Crippen molar-refractivity contribution < 1.29 is 4.92 Å². The first-order valence-corrected chi connectivity index (χ1v) is 3.78. The van der Waals surface area contributed by atoms with E-state index < -0.39 is 0 Å². The minimum absolute atomic E-state index is 0. The number of benzene rings is 1. The van der Waals surface area contributed by atoms with Crippen LogP contribution in [0.1, 0.15) is 5.56 Å². The Morgan fingerprint density at radius 2 is 2.23 bits per heavy atom. The van der Waals surface area contributed by atoms with Crippen LogP contribution in [0.15, 0.2) is 18.2 Å². The van der Waals surface area contributed by atoms with Crippen LogP contribution in [0.4, 0.5) is 11.4 Å². The van der Waals surface area contributed by atoms with E-state index in [9.17, 15) is 10.1 Å². The number of nitrogens with zero attached hydrogens (tertiary/aromatic N) is 1. The number of anilines is 1. The number of fused-ring (bicyclic) bond motifs is 1. The summed E-state index contributed by atoms with van der Waals surface area (Å²) >= 11 is 0. The molecule has 0 spiro atoms. The van der Waals surface area contributed by atoms with Gasteiger partial charge < -0.3 is 5.32 Å². The van der Waals surface area contributed by atoms with Crippen molar-refractivity contribution >= 4 is 23.8 Å². The lowest BCUT2D eigenvalue weighted by Crippen LogP contribution is -1.92. The zero-order valence-corrected chi connectivity index (χ0v) is 7.63. The molecule has 13 heavy (non-hydrogen) atoms. The Labute approximate surface area is 81.5 Å². The fourth-order valence-corrected chi connectivity index (χ4v) is 1.39. The quantitative estimate of drug-likeness (QED) is 0.557. The predicted octanol–water partition coefficient (Wildman–Crippen LogP) is 1.98. The molecule has 0 fully saturated rings. The highest BCUT2D eigenvalue weighted by Gasteiger charge is 2.13. The molecule has 5 heteroatoms. The molecular formula is C8H9ClN2O2. The first-order chi connectivity index (χ1) is 5.77. The van der Waals surface area contributed by atoms with Gasteiger partial charge in [-0.3, -0.25) is 10.1 Å². The number of hydrogen-bond acceptors (Lipinski definition) is 3. The van der Waals surface area contributed by atoms with E-state index in [2.05, 4.69) is 5.32 Å². The molecule has 0 amide bonds. The van der Waals surface area contributed by atoms with Crippen LogP contribution in [-0.2, 0) is 6.42 Å². The average Bonchev–Trinajstić information content (AvgIpc) is 2.49. The third kappa shape index (κ3) is 1.72. The monoisotopic (exact) mass is 200 g/mol. The predicted molar refractivity (Wildman–Crippen MR) is 52.5 cm³/mol. The molecular weight excluding hydrogens is 192 g/mol. The molecule has 4 nitrogen and oxygen atoms in total. The molecule has 1 heterocycles. The van der Waals surface area contributed by atoms with E-state index in [1.54, 1.807) is 12.1 Å². The lowest BCUT2D eigenvalue weighted by Gasteiger charge is -1.97. The van der Waals surface area contributed by atoms with Crippen molar-refractivity contribution in [1.82, 2.24) is 0 Å². The van der Waals surface area contributed by atoms with Crippen molar-refractivity contribution in [3.8, 4) is 0 Å². The first kappa shape index (κ1) is 9.80. The third-order valence-electron chi connectivity index (χ3n) is 2.01. The van der Waals surface area contributed by atoms with Gasteiger partial charge in [-0.2, -0.15) is 0 Å². The Morgan fingerprint density at radius 1 is 1.46 bits per heavy atom. The summed E-state index contributed by atoms with van der Waals surface area (Å²) in [6.07, 6.45) is 0.966. The van der Waals surface area contributed by atoms with E-state index in [1.807, 2.05) is 6.07 Å². The maximum absolute atomic E-state index is 10.4.